The van der Waals surface area contributed by atoms with E-state index in [0.29, 0.717) is 13.0 Å². The minimum Gasteiger partial charge on any atom is -0.478 e. The molecule has 0 aromatic heterocycles. The van der Waals surface area contributed by atoms with Gasteiger partial charge in [0, 0.05) is 24.7 Å². The Morgan fingerprint density at radius 2 is 2.20 bits per heavy atom. The van der Waals surface area contributed by atoms with Crippen LogP contribution in [0.5, 0.6) is 0 Å². The molecule has 20 heavy (non-hydrogen) atoms. The first-order valence-electron chi connectivity index (χ1n) is 6.93. The van der Waals surface area contributed by atoms with Crippen molar-refractivity contribution in [2.75, 3.05) is 18.0 Å². The second-order valence-electron chi connectivity index (χ2n) is 5.11. The molecule has 1 heterocycles. The highest BCUT2D eigenvalue weighted by molar-refractivity contribution is 5.98. The van der Waals surface area contributed by atoms with Crippen LogP contribution in [0.25, 0.3) is 0 Å². The fraction of sp³-hybridized carbons (Fsp3) is 0.467. The lowest BCUT2D eigenvalue weighted by Gasteiger charge is -2.20. The summed E-state index contributed by atoms with van der Waals surface area (Å²) in [6, 6.07) is 5.12. The van der Waals surface area contributed by atoms with Crippen molar-refractivity contribution in [2.45, 2.75) is 32.7 Å². The van der Waals surface area contributed by atoms with Crippen LogP contribution in [0.2, 0.25) is 0 Å². The van der Waals surface area contributed by atoms with Gasteiger partial charge in [0.1, 0.15) is 0 Å². The van der Waals surface area contributed by atoms with Crippen molar-refractivity contribution >= 4 is 17.6 Å². The second-order valence-corrected chi connectivity index (χ2v) is 5.11. The van der Waals surface area contributed by atoms with Gasteiger partial charge in [0.15, 0.2) is 0 Å². The molecule has 1 aliphatic heterocycles. The SMILES string of the molecule is CCNC(C)CC(=O)N1CCc2ccc(C(=O)O)cc21. The highest BCUT2D eigenvalue weighted by Crippen LogP contribution is 2.29. The Morgan fingerprint density at radius 3 is 2.85 bits per heavy atom. The predicted molar refractivity (Wildman–Crippen MR) is 77.2 cm³/mol. The van der Waals surface area contributed by atoms with Crippen molar-refractivity contribution in [3.63, 3.8) is 0 Å². The predicted octanol–water partition coefficient (Wildman–Crippen LogP) is 1.66. The number of carbonyl (C=O) groups excluding carboxylic acids is 1. The maximum atomic E-state index is 12.3. The number of aromatic carboxylic acids is 1. The Bertz CT molecular complexity index is 528. The van der Waals surface area contributed by atoms with Crippen molar-refractivity contribution in [1.29, 1.82) is 0 Å². The lowest BCUT2D eigenvalue weighted by Crippen LogP contribution is -2.36. The van der Waals surface area contributed by atoms with Gasteiger partial charge in [-0.1, -0.05) is 13.0 Å². The standard InChI is InChI=1S/C15H20N2O3/c1-3-16-10(2)8-14(18)17-7-6-11-4-5-12(15(19)20)9-13(11)17/h4-5,9-10,16H,3,6-8H2,1-2H3,(H,19,20). The van der Waals surface area contributed by atoms with Gasteiger partial charge in [-0.15, -0.1) is 0 Å². The molecule has 0 bridgehead atoms. The Labute approximate surface area is 118 Å². The van der Waals surface area contributed by atoms with Crippen molar-refractivity contribution in [2.24, 2.45) is 0 Å². The third-order valence-electron chi connectivity index (χ3n) is 3.56. The van der Waals surface area contributed by atoms with E-state index in [4.69, 9.17) is 5.11 Å². The molecular formula is C15H20N2O3. The molecule has 0 saturated heterocycles. The van der Waals surface area contributed by atoms with E-state index in [2.05, 4.69) is 5.32 Å². The van der Waals surface area contributed by atoms with E-state index < -0.39 is 5.97 Å². The molecule has 0 radical (unpaired) electrons. The Hall–Kier alpha value is -1.88. The van der Waals surface area contributed by atoms with Crippen LogP contribution in [0.4, 0.5) is 5.69 Å². The van der Waals surface area contributed by atoms with Crippen LogP contribution in [0.1, 0.15) is 36.2 Å². The molecule has 2 rings (SSSR count). The summed E-state index contributed by atoms with van der Waals surface area (Å²) < 4.78 is 0. The minimum atomic E-state index is -0.965. The van der Waals surface area contributed by atoms with Gasteiger partial charge in [0.05, 0.1) is 5.56 Å². The fourth-order valence-corrected chi connectivity index (χ4v) is 2.56. The summed E-state index contributed by atoms with van der Waals surface area (Å²) in [5.41, 5.74) is 2.02. The number of hydrogen-bond donors (Lipinski definition) is 2. The van der Waals surface area contributed by atoms with Gasteiger partial charge in [-0.25, -0.2) is 4.79 Å². The molecule has 1 atom stereocenters. The fourth-order valence-electron chi connectivity index (χ4n) is 2.56. The van der Waals surface area contributed by atoms with E-state index in [1.165, 1.54) is 0 Å². The summed E-state index contributed by atoms with van der Waals surface area (Å²) in [6.07, 6.45) is 1.21. The molecule has 0 spiro atoms. The summed E-state index contributed by atoms with van der Waals surface area (Å²) in [4.78, 5) is 25.0. The molecule has 1 aromatic rings. The Kier molecular flexibility index (Phi) is 4.39. The molecule has 1 amide bonds. The van der Waals surface area contributed by atoms with Crippen molar-refractivity contribution in [3.8, 4) is 0 Å². The average molecular weight is 276 g/mol. The third kappa shape index (κ3) is 2.99. The zero-order valence-electron chi connectivity index (χ0n) is 11.8. The highest BCUT2D eigenvalue weighted by atomic mass is 16.4. The first-order chi connectivity index (χ1) is 9.52. The van der Waals surface area contributed by atoms with Gasteiger partial charge in [0.2, 0.25) is 5.91 Å². The first-order valence-corrected chi connectivity index (χ1v) is 6.93. The average Bonchev–Trinajstić information content (AvgIpc) is 2.81. The molecular weight excluding hydrogens is 256 g/mol. The molecule has 5 heteroatoms. The van der Waals surface area contributed by atoms with E-state index in [1.54, 1.807) is 23.1 Å². The number of rotatable bonds is 5. The van der Waals surface area contributed by atoms with Gasteiger partial charge in [-0.2, -0.15) is 0 Å². The quantitative estimate of drug-likeness (QED) is 0.858. The van der Waals surface area contributed by atoms with E-state index in [-0.39, 0.29) is 17.5 Å². The number of fused-ring (bicyclic) bond motifs is 1. The zero-order valence-corrected chi connectivity index (χ0v) is 11.8. The van der Waals surface area contributed by atoms with Crippen LogP contribution in [0.3, 0.4) is 0 Å². The smallest absolute Gasteiger partial charge is 0.335 e. The number of anilines is 1. The van der Waals surface area contributed by atoms with Crippen LogP contribution in [0.15, 0.2) is 18.2 Å². The summed E-state index contributed by atoms with van der Waals surface area (Å²) in [7, 11) is 0. The van der Waals surface area contributed by atoms with E-state index >= 15 is 0 Å². The van der Waals surface area contributed by atoms with Crippen LogP contribution in [0, 0.1) is 0 Å². The van der Waals surface area contributed by atoms with Crippen LogP contribution in [-0.4, -0.2) is 36.1 Å². The number of hydrogen-bond acceptors (Lipinski definition) is 3. The number of nitrogens with one attached hydrogen (secondary N) is 1. The molecule has 5 nitrogen and oxygen atoms in total. The topological polar surface area (TPSA) is 69.6 Å². The van der Waals surface area contributed by atoms with Crippen molar-refractivity contribution in [3.05, 3.63) is 29.3 Å². The normalized spacial score (nSPS) is 15.0. The summed E-state index contributed by atoms with van der Waals surface area (Å²) in [5, 5.41) is 12.3. The number of carboxylic acids is 1. The number of carbonyl (C=O) groups is 2. The first kappa shape index (κ1) is 14.5. The molecule has 0 saturated carbocycles. The van der Waals surface area contributed by atoms with Gasteiger partial charge >= 0.3 is 5.97 Å². The largest absolute Gasteiger partial charge is 0.478 e. The lowest BCUT2D eigenvalue weighted by molar-refractivity contribution is -0.118. The van der Waals surface area contributed by atoms with Crippen molar-refractivity contribution in [1.82, 2.24) is 5.32 Å². The molecule has 0 aliphatic carbocycles. The lowest BCUT2D eigenvalue weighted by atomic mass is 10.1. The van der Waals surface area contributed by atoms with E-state index in [1.807, 2.05) is 13.8 Å². The van der Waals surface area contributed by atoms with Crippen LogP contribution in [-0.2, 0) is 11.2 Å². The van der Waals surface area contributed by atoms with Gasteiger partial charge in [0.25, 0.3) is 0 Å². The van der Waals surface area contributed by atoms with Gasteiger partial charge in [-0.3, -0.25) is 4.79 Å². The van der Waals surface area contributed by atoms with Crippen LogP contribution < -0.4 is 10.2 Å². The van der Waals surface area contributed by atoms with Crippen LogP contribution >= 0.6 is 0 Å². The molecule has 1 unspecified atom stereocenters. The Morgan fingerprint density at radius 1 is 1.45 bits per heavy atom. The number of benzene rings is 1. The van der Waals surface area contributed by atoms with Crippen molar-refractivity contribution < 1.29 is 14.7 Å². The molecule has 0 fully saturated rings. The summed E-state index contributed by atoms with van der Waals surface area (Å²) in [6.45, 7) is 5.45. The maximum Gasteiger partial charge on any atom is 0.335 e. The van der Waals surface area contributed by atoms with Gasteiger partial charge in [-0.05, 0) is 37.6 Å². The zero-order chi connectivity index (χ0) is 14.7. The van der Waals surface area contributed by atoms with Gasteiger partial charge < -0.3 is 15.3 Å². The number of nitrogens with zero attached hydrogens (tertiary/aromatic N) is 1. The molecule has 108 valence electrons. The van der Waals surface area contributed by atoms with E-state index in [0.717, 1.165) is 24.2 Å². The second kappa shape index (κ2) is 6.05. The summed E-state index contributed by atoms with van der Waals surface area (Å²) in [5.74, 6) is -0.923. The molecule has 1 aromatic carbocycles. The number of amides is 1. The minimum absolute atomic E-state index is 0.0414. The summed E-state index contributed by atoms with van der Waals surface area (Å²) >= 11 is 0. The molecule has 2 N–H and O–H groups in total. The highest BCUT2D eigenvalue weighted by Gasteiger charge is 2.26. The van der Waals surface area contributed by atoms with E-state index in [9.17, 15) is 9.59 Å². The monoisotopic (exact) mass is 276 g/mol. The maximum absolute atomic E-state index is 12.3. The number of carboxylic acid groups (broad SMARTS) is 1. The molecule has 1 aliphatic rings. The third-order valence-corrected chi connectivity index (χ3v) is 3.56. The Balaban J connectivity index is 2.16.